The number of benzene rings is 1. The highest BCUT2D eigenvalue weighted by Gasteiger charge is 2.41. The van der Waals surface area contributed by atoms with Gasteiger partial charge in [0.05, 0.1) is 17.8 Å². The number of hydrogen-bond donors (Lipinski definition) is 1. The van der Waals surface area contributed by atoms with Crippen molar-refractivity contribution in [2.24, 2.45) is 0 Å². The fourth-order valence-electron chi connectivity index (χ4n) is 4.70. The normalized spacial score (nSPS) is 17.9. The minimum absolute atomic E-state index is 0.0215. The lowest BCUT2D eigenvalue weighted by Gasteiger charge is -2.28. The van der Waals surface area contributed by atoms with Gasteiger partial charge in [-0.2, -0.15) is 0 Å². The molecule has 1 N–H and O–H groups in total. The fourth-order valence-corrected chi connectivity index (χ4v) is 5.19. The average molecular weight is 474 g/mol. The van der Waals surface area contributed by atoms with E-state index in [1.54, 1.807) is 6.20 Å². The van der Waals surface area contributed by atoms with E-state index < -0.39 is 0 Å². The van der Waals surface area contributed by atoms with Crippen LogP contribution in [0.5, 0.6) is 0 Å². The first-order valence-corrected chi connectivity index (χ1v) is 11.6. The summed E-state index contributed by atoms with van der Waals surface area (Å²) < 4.78 is 2.25. The molecule has 1 aliphatic rings. The second-order valence-electron chi connectivity index (χ2n) is 8.26. The zero-order valence-electron chi connectivity index (χ0n) is 18.4. The molecule has 1 saturated heterocycles. The first-order valence-electron chi connectivity index (χ1n) is 10.8. The molecule has 0 bridgehead atoms. The Hall–Kier alpha value is -3.22. The van der Waals surface area contributed by atoms with Crippen molar-refractivity contribution in [2.75, 3.05) is 0 Å². The smallest absolute Gasteiger partial charge is 0.170 e. The minimum atomic E-state index is -0.0660. The molecule has 1 aliphatic heterocycles. The molecular formula is C26H24ClN5S. The van der Waals surface area contributed by atoms with Crippen molar-refractivity contribution in [1.82, 2.24) is 24.8 Å². The Kier molecular flexibility index (Phi) is 5.87. The average Bonchev–Trinajstić information content (AvgIpc) is 3.30. The van der Waals surface area contributed by atoms with E-state index in [9.17, 15) is 0 Å². The van der Waals surface area contributed by atoms with E-state index in [0.29, 0.717) is 11.7 Å². The summed E-state index contributed by atoms with van der Waals surface area (Å²) in [6, 6.07) is 20.2. The zero-order valence-corrected chi connectivity index (χ0v) is 20.0. The van der Waals surface area contributed by atoms with E-state index in [-0.39, 0.29) is 12.1 Å². The number of hydrogen-bond acceptors (Lipinski definition) is 3. The molecule has 0 amide bonds. The molecule has 2 atom stereocenters. The van der Waals surface area contributed by atoms with Crippen molar-refractivity contribution in [3.63, 3.8) is 0 Å². The van der Waals surface area contributed by atoms with Gasteiger partial charge >= 0.3 is 0 Å². The van der Waals surface area contributed by atoms with Gasteiger partial charge in [0.25, 0.3) is 0 Å². The largest absolute Gasteiger partial charge is 0.352 e. The van der Waals surface area contributed by atoms with Crippen LogP contribution in [0.15, 0.2) is 79.3 Å². The molecule has 4 heterocycles. The summed E-state index contributed by atoms with van der Waals surface area (Å²) in [5, 5.41) is 4.97. The van der Waals surface area contributed by atoms with Crippen LogP contribution < -0.4 is 5.32 Å². The Morgan fingerprint density at radius 3 is 2.64 bits per heavy atom. The Morgan fingerprint density at radius 1 is 1.03 bits per heavy atom. The highest BCUT2D eigenvalue weighted by molar-refractivity contribution is 7.80. The lowest BCUT2D eigenvalue weighted by atomic mass is 9.96. The molecular weight excluding hydrogens is 450 g/mol. The maximum Gasteiger partial charge on any atom is 0.170 e. The Balaban J connectivity index is 1.62. The molecule has 5 nitrogen and oxygen atoms in total. The van der Waals surface area contributed by atoms with Gasteiger partial charge in [0, 0.05) is 47.2 Å². The van der Waals surface area contributed by atoms with Gasteiger partial charge in [-0.15, -0.1) is 0 Å². The number of rotatable bonds is 5. The van der Waals surface area contributed by atoms with E-state index >= 15 is 0 Å². The van der Waals surface area contributed by atoms with Gasteiger partial charge < -0.3 is 14.8 Å². The fraction of sp³-hybridized carbons (Fsp3) is 0.192. The first-order chi connectivity index (χ1) is 16.0. The standard InChI is InChI=1S/C26H24ClN5S/c1-17-13-22(18(2)32(17)21-9-5-8-20(27)14-21)25-24(23-10-3-4-12-29-23)30-26(33)31(25)16-19-7-6-11-28-15-19/h3-15,24-25H,16H2,1-2H3,(H,30,33)/t24-,25-/m1/s1. The molecule has 0 saturated carbocycles. The maximum atomic E-state index is 6.31. The third-order valence-corrected chi connectivity index (χ3v) is 6.72. The molecule has 1 fully saturated rings. The number of nitrogens with zero attached hydrogens (tertiary/aromatic N) is 4. The Labute approximate surface area is 204 Å². The molecule has 3 aromatic heterocycles. The Bertz CT molecular complexity index is 1290. The molecule has 1 aromatic carbocycles. The van der Waals surface area contributed by atoms with Crippen molar-refractivity contribution in [1.29, 1.82) is 0 Å². The second-order valence-corrected chi connectivity index (χ2v) is 9.08. The number of halogens is 1. The lowest BCUT2D eigenvalue weighted by molar-refractivity contribution is 0.310. The van der Waals surface area contributed by atoms with Gasteiger partial charge in [-0.3, -0.25) is 9.97 Å². The van der Waals surface area contributed by atoms with Crippen LogP contribution in [0.1, 0.15) is 40.3 Å². The van der Waals surface area contributed by atoms with E-state index in [1.807, 2.05) is 48.8 Å². The van der Waals surface area contributed by atoms with Crippen LogP contribution in [0.3, 0.4) is 0 Å². The first kappa shape index (κ1) is 21.6. The summed E-state index contributed by atoms with van der Waals surface area (Å²) in [5.41, 5.74) is 6.62. The van der Waals surface area contributed by atoms with Crippen LogP contribution in [0.2, 0.25) is 5.02 Å². The highest BCUT2D eigenvalue weighted by atomic mass is 35.5. The van der Waals surface area contributed by atoms with Gasteiger partial charge in [0.2, 0.25) is 0 Å². The molecule has 4 aromatic rings. The monoisotopic (exact) mass is 473 g/mol. The summed E-state index contributed by atoms with van der Waals surface area (Å²) in [4.78, 5) is 11.2. The topological polar surface area (TPSA) is 46.0 Å². The summed E-state index contributed by atoms with van der Waals surface area (Å²) >= 11 is 12.1. The van der Waals surface area contributed by atoms with Crippen LogP contribution in [-0.2, 0) is 6.54 Å². The molecule has 5 rings (SSSR count). The predicted octanol–water partition coefficient (Wildman–Crippen LogP) is 5.71. The van der Waals surface area contributed by atoms with Gasteiger partial charge in [0.1, 0.15) is 0 Å². The second kappa shape index (κ2) is 8.96. The molecule has 0 unspecified atom stereocenters. The SMILES string of the molecule is Cc1cc([C@@H]2[C@@H](c3ccccn3)NC(=S)N2Cc2cccnc2)c(C)n1-c1cccc(Cl)c1. The molecule has 0 aliphatic carbocycles. The third-order valence-electron chi connectivity index (χ3n) is 6.13. The quantitative estimate of drug-likeness (QED) is 0.376. The number of aromatic nitrogens is 3. The van der Waals surface area contributed by atoms with Crippen molar-refractivity contribution >= 4 is 28.9 Å². The van der Waals surface area contributed by atoms with Gasteiger partial charge in [-0.25, -0.2) is 0 Å². The van der Waals surface area contributed by atoms with Gasteiger partial charge in [-0.1, -0.05) is 29.8 Å². The number of thiocarbonyl (C=S) groups is 1. The van der Waals surface area contributed by atoms with Crippen molar-refractivity contribution in [3.8, 4) is 5.69 Å². The summed E-state index contributed by atoms with van der Waals surface area (Å²) in [5.74, 6) is 0. The number of nitrogens with one attached hydrogen (secondary N) is 1. The minimum Gasteiger partial charge on any atom is -0.352 e. The van der Waals surface area contributed by atoms with E-state index in [2.05, 4.69) is 62.9 Å². The third kappa shape index (κ3) is 4.12. The van der Waals surface area contributed by atoms with Gasteiger partial charge in [-0.05, 0) is 79.7 Å². The van der Waals surface area contributed by atoms with E-state index in [0.717, 1.165) is 33.4 Å². The summed E-state index contributed by atoms with van der Waals surface area (Å²) in [6.45, 7) is 4.94. The van der Waals surface area contributed by atoms with Crippen LogP contribution in [0.4, 0.5) is 0 Å². The molecule has 0 spiro atoms. The van der Waals surface area contributed by atoms with E-state index in [4.69, 9.17) is 23.8 Å². The highest BCUT2D eigenvalue weighted by Crippen LogP contribution is 2.42. The number of pyridine rings is 2. The van der Waals surface area contributed by atoms with Crippen molar-refractivity contribution in [3.05, 3.63) is 112 Å². The lowest BCUT2D eigenvalue weighted by Crippen LogP contribution is -2.29. The van der Waals surface area contributed by atoms with E-state index in [1.165, 1.54) is 5.56 Å². The molecule has 33 heavy (non-hydrogen) atoms. The molecule has 0 radical (unpaired) electrons. The number of aryl methyl sites for hydroxylation is 1. The van der Waals surface area contributed by atoms with Crippen LogP contribution >= 0.6 is 23.8 Å². The Morgan fingerprint density at radius 2 is 1.91 bits per heavy atom. The zero-order chi connectivity index (χ0) is 22.9. The predicted molar refractivity (Wildman–Crippen MR) is 135 cm³/mol. The van der Waals surface area contributed by atoms with Crippen LogP contribution in [0.25, 0.3) is 5.69 Å². The van der Waals surface area contributed by atoms with Gasteiger partial charge in [0.15, 0.2) is 5.11 Å². The van der Waals surface area contributed by atoms with Crippen LogP contribution in [-0.4, -0.2) is 24.5 Å². The summed E-state index contributed by atoms with van der Waals surface area (Å²) in [7, 11) is 0. The van der Waals surface area contributed by atoms with Crippen LogP contribution in [0, 0.1) is 13.8 Å². The maximum absolute atomic E-state index is 6.31. The van der Waals surface area contributed by atoms with Crippen molar-refractivity contribution in [2.45, 2.75) is 32.5 Å². The molecule has 7 heteroatoms. The molecule has 166 valence electrons. The van der Waals surface area contributed by atoms with Crippen molar-refractivity contribution < 1.29 is 0 Å². The summed E-state index contributed by atoms with van der Waals surface area (Å²) in [6.07, 6.45) is 5.51.